The maximum atomic E-state index is 11.3. The first-order chi connectivity index (χ1) is 7.77. The predicted molar refractivity (Wildman–Crippen MR) is 70.4 cm³/mol. The molecule has 1 fully saturated rings. The molecule has 1 aliphatic carbocycles. The molecule has 98 valence electrons. The number of rotatable bonds is 3. The number of nitrogens with zero attached hydrogens (tertiary/aromatic N) is 2. The number of carbonyl (C=O) groups is 1. The SMILES string of the molecule is CC(C)(C)N=NC1([C@H](O)C(=O)S)CCCCC1. The summed E-state index contributed by atoms with van der Waals surface area (Å²) < 4.78 is 0. The number of aliphatic hydroxyl groups excluding tert-OH is 1. The minimum atomic E-state index is -1.14. The van der Waals surface area contributed by atoms with Crippen molar-refractivity contribution in [2.75, 3.05) is 0 Å². The number of azo groups is 1. The van der Waals surface area contributed by atoms with Crippen molar-refractivity contribution in [3.05, 3.63) is 0 Å². The Balaban J connectivity index is 2.93. The first-order valence-corrected chi connectivity index (χ1v) is 6.56. The topological polar surface area (TPSA) is 62.0 Å². The van der Waals surface area contributed by atoms with Crippen molar-refractivity contribution in [1.29, 1.82) is 0 Å². The molecule has 4 nitrogen and oxygen atoms in total. The zero-order chi connectivity index (χ0) is 13.1. The van der Waals surface area contributed by atoms with E-state index in [2.05, 4.69) is 22.9 Å². The molecule has 0 radical (unpaired) electrons. The van der Waals surface area contributed by atoms with Gasteiger partial charge in [0, 0.05) is 0 Å². The second-order valence-corrected chi connectivity index (χ2v) is 6.22. The van der Waals surface area contributed by atoms with Gasteiger partial charge in [0.25, 0.3) is 0 Å². The highest BCUT2D eigenvalue weighted by molar-refractivity contribution is 7.96. The van der Waals surface area contributed by atoms with Crippen molar-refractivity contribution in [2.24, 2.45) is 10.2 Å². The normalized spacial score (nSPS) is 22.6. The highest BCUT2D eigenvalue weighted by Gasteiger charge is 2.42. The third kappa shape index (κ3) is 4.07. The van der Waals surface area contributed by atoms with E-state index in [9.17, 15) is 9.90 Å². The summed E-state index contributed by atoms with van der Waals surface area (Å²) in [6.45, 7) is 5.84. The van der Waals surface area contributed by atoms with Crippen LogP contribution in [0.4, 0.5) is 0 Å². The van der Waals surface area contributed by atoms with Gasteiger partial charge in [-0.3, -0.25) is 4.79 Å². The van der Waals surface area contributed by atoms with Crippen LogP contribution in [0.25, 0.3) is 0 Å². The summed E-state index contributed by atoms with van der Waals surface area (Å²) in [7, 11) is 0. The zero-order valence-electron chi connectivity index (χ0n) is 10.8. The maximum absolute atomic E-state index is 11.3. The molecule has 0 aromatic carbocycles. The van der Waals surface area contributed by atoms with E-state index < -0.39 is 16.8 Å². The molecule has 5 heteroatoms. The van der Waals surface area contributed by atoms with Crippen LogP contribution in [0.1, 0.15) is 52.9 Å². The van der Waals surface area contributed by atoms with E-state index in [0.717, 1.165) is 19.3 Å². The molecule has 1 rings (SSSR count). The number of carbonyl (C=O) groups excluding carboxylic acids is 1. The lowest BCUT2D eigenvalue weighted by Crippen LogP contribution is -2.45. The summed E-state index contributed by atoms with van der Waals surface area (Å²) in [6, 6.07) is 0. The van der Waals surface area contributed by atoms with Crippen molar-refractivity contribution in [3.8, 4) is 0 Å². The summed E-state index contributed by atoms with van der Waals surface area (Å²) in [5, 5.41) is 18.1. The Morgan fingerprint density at radius 3 is 2.24 bits per heavy atom. The summed E-state index contributed by atoms with van der Waals surface area (Å²) in [6.07, 6.45) is 3.35. The van der Waals surface area contributed by atoms with Gasteiger partial charge in [-0.25, -0.2) is 0 Å². The van der Waals surface area contributed by atoms with Gasteiger partial charge < -0.3 is 5.11 Å². The van der Waals surface area contributed by atoms with Gasteiger partial charge in [0.1, 0.15) is 11.6 Å². The van der Waals surface area contributed by atoms with E-state index >= 15 is 0 Å². The van der Waals surface area contributed by atoms with Crippen molar-refractivity contribution in [2.45, 2.75) is 70.1 Å². The Bertz CT molecular complexity index is 304. The van der Waals surface area contributed by atoms with Gasteiger partial charge in [-0.15, -0.1) is 12.6 Å². The van der Waals surface area contributed by atoms with E-state index in [1.807, 2.05) is 20.8 Å². The third-order valence-electron chi connectivity index (χ3n) is 3.01. The standard InChI is InChI=1S/C12H22N2O2S/c1-11(2,3)13-14-12(9(15)10(16)17)7-5-4-6-8-12/h9,15H,4-8H2,1-3H3,(H,16,17)/t9-/m1/s1. The fraction of sp³-hybridized carbons (Fsp3) is 0.917. The lowest BCUT2D eigenvalue weighted by Gasteiger charge is -2.35. The molecule has 0 spiro atoms. The Morgan fingerprint density at radius 2 is 1.82 bits per heavy atom. The maximum Gasteiger partial charge on any atom is 0.216 e. The van der Waals surface area contributed by atoms with Gasteiger partial charge >= 0.3 is 0 Å². The van der Waals surface area contributed by atoms with Gasteiger partial charge in [0.2, 0.25) is 5.12 Å². The fourth-order valence-corrected chi connectivity index (χ4v) is 2.31. The Kier molecular flexibility index (Phi) is 4.72. The van der Waals surface area contributed by atoms with Crippen LogP contribution in [-0.4, -0.2) is 27.4 Å². The first kappa shape index (κ1) is 14.6. The molecule has 1 atom stereocenters. The van der Waals surface area contributed by atoms with Crippen LogP contribution in [-0.2, 0) is 4.79 Å². The van der Waals surface area contributed by atoms with Crippen LogP contribution in [0.5, 0.6) is 0 Å². The van der Waals surface area contributed by atoms with E-state index in [-0.39, 0.29) is 5.54 Å². The number of aliphatic hydroxyl groups is 1. The molecule has 1 aliphatic rings. The van der Waals surface area contributed by atoms with Crippen molar-refractivity contribution < 1.29 is 9.90 Å². The number of thiol groups is 1. The van der Waals surface area contributed by atoms with E-state index in [0.29, 0.717) is 12.8 Å². The molecular weight excluding hydrogens is 236 g/mol. The number of hydrogen-bond donors (Lipinski definition) is 2. The van der Waals surface area contributed by atoms with E-state index in [1.165, 1.54) is 0 Å². The first-order valence-electron chi connectivity index (χ1n) is 6.12. The van der Waals surface area contributed by atoms with Gasteiger partial charge in [-0.05, 0) is 33.6 Å². The largest absolute Gasteiger partial charge is 0.382 e. The molecule has 0 saturated heterocycles. The highest BCUT2D eigenvalue weighted by Crippen LogP contribution is 2.36. The molecule has 1 saturated carbocycles. The van der Waals surface area contributed by atoms with Crippen LogP contribution in [0.2, 0.25) is 0 Å². The fourth-order valence-electron chi connectivity index (χ4n) is 2.07. The Labute approximate surface area is 108 Å². The molecule has 0 unspecified atom stereocenters. The summed E-state index contributed by atoms with van der Waals surface area (Å²) in [4.78, 5) is 11.3. The van der Waals surface area contributed by atoms with E-state index in [4.69, 9.17) is 0 Å². The Hall–Kier alpha value is -0.420. The zero-order valence-corrected chi connectivity index (χ0v) is 11.7. The summed E-state index contributed by atoms with van der Waals surface area (Å²) in [5.41, 5.74) is -1.03. The molecular formula is C12H22N2O2S. The van der Waals surface area contributed by atoms with Gasteiger partial charge in [0.15, 0.2) is 0 Å². The van der Waals surface area contributed by atoms with Gasteiger partial charge in [-0.2, -0.15) is 10.2 Å². The summed E-state index contributed by atoms with van der Waals surface area (Å²) in [5.74, 6) is 0. The molecule has 1 N–H and O–H groups in total. The Morgan fingerprint density at radius 1 is 1.29 bits per heavy atom. The average molecular weight is 258 g/mol. The summed E-state index contributed by atoms with van der Waals surface area (Å²) >= 11 is 3.73. The second-order valence-electron chi connectivity index (χ2n) is 5.78. The van der Waals surface area contributed by atoms with Crippen LogP contribution in [0.3, 0.4) is 0 Å². The molecule has 0 aromatic heterocycles. The number of hydrogen-bond acceptors (Lipinski definition) is 4. The monoisotopic (exact) mass is 258 g/mol. The molecule has 0 bridgehead atoms. The van der Waals surface area contributed by atoms with Crippen LogP contribution in [0, 0.1) is 0 Å². The average Bonchev–Trinajstić information content (AvgIpc) is 2.25. The van der Waals surface area contributed by atoms with Crippen molar-refractivity contribution >= 4 is 17.7 Å². The van der Waals surface area contributed by atoms with Gasteiger partial charge in [0.05, 0.1) is 5.54 Å². The lowest BCUT2D eigenvalue weighted by molar-refractivity contribution is -0.122. The minimum Gasteiger partial charge on any atom is -0.382 e. The minimum absolute atomic E-state index is 0.288. The van der Waals surface area contributed by atoms with Crippen molar-refractivity contribution in [3.63, 3.8) is 0 Å². The molecule has 0 amide bonds. The van der Waals surface area contributed by atoms with Crippen LogP contribution < -0.4 is 0 Å². The van der Waals surface area contributed by atoms with E-state index in [1.54, 1.807) is 0 Å². The van der Waals surface area contributed by atoms with Crippen LogP contribution >= 0.6 is 12.6 Å². The quantitative estimate of drug-likeness (QED) is 0.604. The molecule has 17 heavy (non-hydrogen) atoms. The predicted octanol–water partition coefficient (Wildman–Crippen LogP) is 2.76. The highest BCUT2D eigenvalue weighted by atomic mass is 32.1. The lowest BCUT2D eigenvalue weighted by atomic mass is 9.78. The molecule has 0 aliphatic heterocycles. The van der Waals surface area contributed by atoms with Gasteiger partial charge in [-0.1, -0.05) is 19.3 Å². The molecule has 0 heterocycles. The van der Waals surface area contributed by atoms with Crippen LogP contribution in [0.15, 0.2) is 10.2 Å². The molecule has 0 aromatic rings. The second kappa shape index (κ2) is 5.48. The smallest absolute Gasteiger partial charge is 0.216 e. The van der Waals surface area contributed by atoms with Crippen molar-refractivity contribution in [1.82, 2.24) is 0 Å². The third-order valence-corrected chi connectivity index (χ3v) is 3.26.